The van der Waals surface area contributed by atoms with Gasteiger partial charge in [-0.3, -0.25) is 24.0 Å². The number of rotatable bonds is 11. The molecule has 3 heterocycles. The van der Waals surface area contributed by atoms with Crippen molar-refractivity contribution in [2.24, 2.45) is 5.41 Å². The Bertz CT molecular complexity index is 1980. The second-order valence-electron chi connectivity index (χ2n) is 15.3. The number of nitrogens with one attached hydrogen (secondary N) is 1. The van der Waals surface area contributed by atoms with Gasteiger partial charge < -0.3 is 34.4 Å². The number of aliphatic hydroxyl groups excluding tert-OH is 1. The van der Waals surface area contributed by atoms with E-state index in [1.54, 1.807) is 27.2 Å². The van der Waals surface area contributed by atoms with E-state index in [-0.39, 0.29) is 38.4 Å². The van der Waals surface area contributed by atoms with Gasteiger partial charge in [-0.2, -0.15) is 5.06 Å². The van der Waals surface area contributed by atoms with E-state index < -0.39 is 65.5 Å². The highest BCUT2D eigenvalue weighted by molar-refractivity contribution is 5.96. The first-order valence-electron chi connectivity index (χ1n) is 18.8. The van der Waals surface area contributed by atoms with Crippen molar-refractivity contribution in [3.8, 4) is 0 Å². The number of ether oxygens (including phenoxy) is 3. The van der Waals surface area contributed by atoms with Crippen LogP contribution in [0.3, 0.4) is 0 Å². The molecule has 3 saturated heterocycles. The highest BCUT2D eigenvalue weighted by Crippen LogP contribution is 2.59. The van der Waals surface area contributed by atoms with Gasteiger partial charge >= 0.3 is 5.97 Å². The lowest BCUT2D eigenvalue weighted by Crippen LogP contribution is -2.70. The third-order valence-corrected chi connectivity index (χ3v) is 11.7. The first kappa shape index (κ1) is 37.0. The van der Waals surface area contributed by atoms with Crippen molar-refractivity contribution in [1.29, 1.82) is 0 Å². The van der Waals surface area contributed by atoms with Gasteiger partial charge in [-0.15, -0.1) is 0 Å². The van der Waals surface area contributed by atoms with E-state index in [2.05, 4.69) is 5.32 Å². The lowest BCUT2D eigenvalue weighted by Gasteiger charge is -2.50. The number of fused-ring (bicyclic) bond motifs is 5. The Morgan fingerprint density at radius 3 is 2.33 bits per heavy atom. The minimum atomic E-state index is -1.52. The number of hydroxylamine groups is 2. The molecular formula is C42H46N4O9. The van der Waals surface area contributed by atoms with Crippen molar-refractivity contribution in [3.63, 3.8) is 0 Å². The predicted molar refractivity (Wildman–Crippen MR) is 198 cm³/mol. The number of amides is 3. The van der Waals surface area contributed by atoms with E-state index in [9.17, 15) is 19.5 Å². The minimum absolute atomic E-state index is 0.0151. The van der Waals surface area contributed by atoms with Gasteiger partial charge in [0.2, 0.25) is 17.7 Å². The van der Waals surface area contributed by atoms with Gasteiger partial charge in [0.1, 0.15) is 35.9 Å². The molecule has 1 spiro atoms. The third kappa shape index (κ3) is 6.53. The third-order valence-electron chi connectivity index (χ3n) is 11.7. The zero-order chi connectivity index (χ0) is 38.5. The summed E-state index contributed by atoms with van der Waals surface area (Å²) in [6.45, 7) is -0.172. The SMILES string of the molecule is CN(C)C(=O)C=Cc1ccccc1CN1O[C@@H]2[C@H]3OC4(Cc5ccccc5C4)O[C@H]3[C@@H]3C[C@]2(C(=O)N(C)[C@H](Cc2ccccc2)C(=O)NCCO)[C@@H]1C(=O)O3. The second-order valence-corrected chi connectivity index (χ2v) is 15.3. The molecule has 2 bridgehead atoms. The van der Waals surface area contributed by atoms with E-state index in [4.69, 9.17) is 19.0 Å². The Balaban J connectivity index is 1.18. The lowest BCUT2D eigenvalue weighted by molar-refractivity contribution is -0.218. The van der Waals surface area contributed by atoms with Crippen LogP contribution in [0.1, 0.15) is 34.2 Å². The summed E-state index contributed by atoms with van der Waals surface area (Å²) >= 11 is 0. The molecule has 3 amide bonds. The summed E-state index contributed by atoms with van der Waals surface area (Å²) < 4.78 is 19.9. The molecule has 13 heteroatoms. The summed E-state index contributed by atoms with van der Waals surface area (Å²) in [7, 11) is 4.92. The van der Waals surface area contributed by atoms with Crippen molar-refractivity contribution < 1.29 is 43.3 Å². The quantitative estimate of drug-likeness (QED) is 0.221. The molecule has 0 radical (unpaired) electrons. The Labute approximate surface area is 319 Å². The summed E-state index contributed by atoms with van der Waals surface area (Å²) in [4.78, 5) is 65.8. The van der Waals surface area contributed by atoms with Crippen molar-refractivity contribution in [2.75, 3.05) is 34.3 Å². The Kier molecular flexibility index (Phi) is 9.85. The molecule has 3 aromatic rings. The van der Waals surface area contributed by atoms with Crippen molar-refractivity contribution in [3.05, 3.63) is 113 Å². The maximum Gasteiger partial charge on any atom is 0.327 e. The Morgan fingerprint density at radius 2 is 1.62 bits per heavy atom. The van der Waals surface area contributed by atoms with E-state index in [1.807, 2.05) is 78.9 Å². The zero-order valence-electron chi connectivity index (χ0n) is 31.1. The normalized spacial score (nSPS) is 27.7. The molecule has 4 fully saturated rings. The summed E-state index contributed by atoms with van der Waals surface area (Å²) in [6.07, 6.45) is 1.21. The van der Waals surface area contributed by atoms with Gasteiger partial charge in [-0.25, -0.2) is 0 Å². The van der Waals surface area contributed by atoms with E-state index in [0.29, 0.717) is 12.8 Å². The van der Waals surface area contributed by atoms with E-state index >= 15 is 4.79 Å². The van der Waals surface area contributed by atoms with Crippen LogP contribution >= 0.6 is 0 Å². The number of carbonyl (C=O) groups is 4. The van der Waals surface area contributed by atoms with Crippen LogP contribution in [0.25, 0.3) is 6.08 Å². The van der Waals surface area contributed by atoms with Gasteiger partial charge in [0.15, 0.2) is 11.8 Å². The molecule has 0 aromatic heterocycles. The average molecular weight is 751 g/mol. The minimum Gasteiger partial charge on any atom is -0.458 e. The topological polar surface area (TPSA) is 147 Å². The zero-order valence-corrected chi connectivity index (χ0v) is 31.1. The van der Waals surface area contributed by atoms with Crippen LogP contribution in [0.2, 0.25) is 0 Å². The highest BCUT2D eigenvalue weighted by Gasteiger charge is 2.77. The van der Waals surface area contributed by atoms with Crippen molar-refractivity contribution in [1.82, 2.24) is 20.2 Å². The molecule has 8 rings (SSSR count). The molecule has 55 heavy (non-hydrogen) atoms. The number of hydrogen-bond donors (Lipinski definition) is 2. The molecule has 288 valence electrons. The number of aliphatic hydroxyl groups is 1. The molecule has 1 saturated carbocycles. The van der Waals surface area contributed by atoms with Crippen LogP contribution in [0.5, 0.6) is 0 Å². The van der Waals surface area contributed by atoms with Gasteiger partial charge in [-0.05, 0) is 33.9 Å². The number of hydrogen-bond acceptors (Lipinski definition) is 10. The van der Waals surface area contributed by atoms with Gasteiger partial charge in [0.25, 0.3) is 0 Å². The molecule has 2 N–H and O–H groups in total. The predicted octanol–water partition coefficient (Wildman–Crippen LogP) is 2.05. The Morgan fingerprint density at radius 1 is 0.945 bits per heavy atom. The van der Waals surface area contributed by atoms with Crippen molar-refractivity contribution >= 4 is 29.8 Å². The molecular weight excluding hydrogens is 704 g/mol. The fourth-order valence-corrected chi connectivity index (χ4v) is 9.07. The van der Waals surface area contributed by atoms with Crippen LogP contribution in [0, 0.1) is 5.41 Å². The molecule has 7 atom stereocenters. The number of carbonyl (C=O) groups excluding carboxylic acids is 4. The largest absolute Gasteiger partial charge is 0.458 e. The van der Waals surface area contributed by atoms with Gasteiger partial charge in [0.05, 0.1) is 13.2 Å². The Hall–Kier alpha value is -4.92. The molecule has 3 aliphatic heterocycles. The highest BCUT2D eigenvalue weighted by atomic mass is 16.8. The first-order valence-corrected chi connectivity index (χ1v) is 18.8. The second kappa shape index (κ2) is 14.6. The van der Waals surface area contributed by atoms with Crippen LogP contribution in [0.4, 0.5) is 0 Å². The molecule has 0 unspecified atom stereocenters. The number of likely N-dealkylation sites (N-methyl/N-ethyl adjacent to an activating group) is 2. The number of benzene rings is 3. The smallest absolute Gasteiger partial charge is 0.327 e. The van der Waals surface area contributed by atoms with E-state index in [1.165, 1.54) is 20.9 Å². The molecule has 3 aromatic carbocycles. The number of esters is 1. The standard InChI is InChI=1S/C42H46N4O9/c1-44(2)33(48)18-17-27-13-7-10-16-30(27)25-46-36-39(50)52-32-24-42(36,40(51)45(3)31(38(49)43-19-20-47)21-26-11-5-4-6-12-26)37(55-46)35-34(32)53-41(54-35)22-28-14-8-9-15-29(28)23-41/h4-18,31-32,34-37,47H,19-25H2,1-3H3,(H,43,49)/t31-,32+,34+,35+,36+,37-,42+/m1/s1. The molecule has 13 nitrogen and oxygen atoms in total. The summed E-state index contributed by atoms with van der Waals surface area (Å²) in [5.74, 6) is -2.72. The van der Waals surface area contributed by atoms with Crippen molar-refractivity contribution in [2.45, 2.75) is 74.5 Å². The van der Waals surface area contributed by atoms with Crippen LogP contribution in [-0.4, -0.2) is 120 Å². The van der Waals surface area contributed by atoms with Crippen LogP contribution in [-0.2, 0) is 64.0 Å². The van der Waals surface area contributed by atoms with Crippen LogP contribution in [0.15, 0.2) is 84.9 Å². The molecule has 2 aliphatic carbocycles. The van der Waals surface area contributed by atoms with Gasteiger partial charge in [-0.1, -0.05) is 78.9 Å². The van der Waals surface area contributed by atoms with Crippen LogP contribution < -0.4 is 5.32 Å². The average Bonchev–Trinajstić information content (AvgIpc) is 3.86. The van der Waals surface area contributed by atoms with E-state index in [0.717, 1.165) is 27.8 Å². The fraction of sp³-hybridized carbons (Fsp3) is 0.429. The maximum atomic E-state index is 15.5. The summed E-state index contributed by atoms with van der Waals surface area (Å²) in [5.41, 5.74) is 3.01. The molecule has 5 aliphatic rings. The summed E-state index contributed by atoms with van der Waals surface area (Å²) in [5, 5.41) is 13.8. The number of nitrogens with zero attached hydrogens (tertiary/aromatic N) is 3. The summed E-state index contributed by atoms with van der Waals surface area (Å²) in [6, 6.07) is 22.7. The lowest BCUT2D eigenvalue weighted by atomic mass is 9.62. The fourth-order valence-electron chi connectivity index (χ4n) is 9.07. The first-order chi connectivity index (χ1) is 26.5. The maximum absolute atomic E-state index is 15.5. The monoisotopic (exact) mass is 750 g/mol. The van der Waals surface area contributed by atoms with Gasteiger partial charge in [0, 0.05) is 59.4 Å².